The minimum absolute atomic E-state index is 0.193. The molecule has 0 aliphatic heterocycles. The second-order valence-electron chi connectivity index (χ2n) is 3.85. The number of carbonyl (C=O) groups is 2. The summed E-state index contributed by atoms with van der Waals surface area (Å²) in [5.74, 6) is -0.733. The summed E-state index contributed by atoms with van der Waals surface area (Å²) in [7, 11) is 0. The van der Waals surface area contributed by atoms with E-state index in [2.05, 4.69) is 10.6 Å². The lowest BCUT2D eigenvalue weighted by Crippen LogP contribution is -2.49. The molecular weight excluding hydrogens is 323 g/mol. The normalized spacial score (nSPS) is 11.8. The van der Waals surface area contributed by atoms with Crippen molar-refractivity contribution >= 4 is 52.7 Å². The van der Waals surface area contributed by atoms with Gasteiger partial charge in [-0.3, -0.25) is 0 Å². The molecule has 1 aromatic carbocycles. The second-order valence-corrected chi connectivity index (χ2v) is 5.62. The van der Waals surface area contributed by atoms with Crippen molar-refractivity contribution in [3.05, 3.63) is 28.2 Å². The van der Waals surface area contributed by atoms with E-state index in [0.717, 1.165) is 0 Å². The van der Waals surface area contributed by atoms with Crippen LogP contribution in [0.15, 0.2) is 18.2 Å². The van der Waals surface area contributed by atoms with Crippen molar-refractivity contribution in [2.24, 2.45) is 0 Å². The molecule has 1 atom stereocenters. The SMILES string of the molecule is CSCC[C@H](NC(=O)Nc1cccc(Cl)c1Cl)C(=O)[O-]. The highest BCUT2D eigenvalue weighted by Crippen LogP contribution is 2.29. The summed E-state index contributed by atoms with van der Waals surface area (Å²) in [5, 5.41) is 16.2. The molecule has 0 aliphatic carbocycles. The fourth-order valence-electron chi connectivity index (χ4n) is 1.40. The molecule has 0 spiro atoms. The predicted octanol–water partition coefficient (Wildman–Crippen LogP) is 1.99. The van der Waals surface area contributed by atoms with Gasteiger partial charge in [0.1, 0.15) is 0 Å². The van der Waals surface area contributed by atoms with Crippen LogP contribution in [0.4, 0.5) is 10.5 Å². The Morgan fingerprint density at radius 1 is 1.40 bits per heavy atom. The predicted molar refractivity (Wildman–Crippen MR) is 80.4 cm³/mol. The Morgan fingerprint density at radius 3 is 2.70 bits per heavy atom. The van der Waals surface area contributed by atoms with Crippen LogP contribution in [0, 0.1) is 0 Å². The molecule has 5 nitrogen and oxygen atoms in total. The number of urea groups is 1. The summed E-state index contributed by atoms with van der Waals surface area (Å²) < 4.78 is 0. The maximum absolute atomic E-state index is 11.7. The molecule has 0 aromatic heterocycles. The van der Waals surface area contributed by atoms with Crippen LogP contribution < -0.4 is 15.7 Å². The zero-order valence-corrected chi connectivity index (χ0v) is 12.9. The Bertz CT molecular complexity index is 500. The molecule has 0 unspecified atom stereocenters. The number of carboxylic acid groups (broad SMARTS) is 1. The third-order valence-corrected chi connectivity index (χ3v) is 3.86. The van der Waals surface area contributed by atoms with Crippen molar-refractivity contribution in [1.29, 1.82) is 0 Å². The van der Waals surface area contributed by atoms with Gasteiger partial charge in [-0.05, 0) is 30.6 Å². The van der Waals surface area contributed by atoms with Crippen molar-refractivity contribution in [2.45, 2.75) is 12.5 Å². The zero-order valence-electron chi connectivity index (χ0n) is 10.6. The summed E-state index contributed by atoms with van der Waals surface area (Å²) in [6.45, 7) is 0. The molecule has 0 fully saturated rings. The molecule has 8 heteroatoms. The van der Waals surface area contributed by atoms with E-state index in [1.807, 2.05) is 6.26 Å². The molecular formula is C12H13Cl2N2O3S-. The number of anilines is 1. The van der Waals surface area contributed by atoms with Gasteiger partial charge in [0, 0.05) is 0 Å². The summed E-state index contributed by atoms with van der Waals surface area (Å²) in [4.78, 5) is 22.6. The first-order valence-corrected chi connectivity index (χ1v) is 7.82. The van der Waals surface area contributed by atoms with Crippen molar-refractivity contribution in [1.82, 2.24) is 5.32 Å². The number of aliphatic carboxylic acids is 1. The van der Waals surface area contributed by atoms with Crippen LogP contribution in [0.25, 0.3) is 0 Å². The van der Waals surface area contributed by atoms with Crippen LogP contribution >= 0.6 is 35.0 Å². The van der Waals surface area contributed by atoms with E-state index in [4.69, 9.17) is 23.2 Å². The number of carboxylic acids is 1. The fourth-order valence-corrected chi connectivity index (χ4v) is 2.22. The quantitative estimate of drug-likeness (QED) is 0.832. The molecule has 0 saturated heterocycles. The van der Waals surface area contributed by atoms with Gasteiger partial charge in [-0.2, -0.15) is 11.8 Å². The van der Waals surface area contributed by atoms with E-state index in [0.29, 0.717) is 16.5 Å². The van der Waals surface area contributed by atoms with Gasteiger partial charge in [-0.15, -0.1) is 0 Å². The number of benzene rings is 1. The minimum Gasteiger partial charge on any atom is -0.548 e. The van der Waals surface area contributed by atoms with Crippen LogP contribution in [0.5, 0.6) is 0 Å². The summed E-state index contributed by atoms with van der Waals surface area (Å²) >= 11 is 13.2. The molecule has 0 aliphatic rings. The molecule has 0 saturated carbocycles. The third kappa shape index (κ3) is 5.11. The van der Waals surface area contributed by atoms with Gasteiger partial charge in [0.25, 0.3) is 0 Å². The third-order valence-electron chi connectivity index (χ3n) is 2.40. The number of carbonyl (C=O) groups excluding carboxylic acids is 2. The molecule has 1 rings (SSSR count). The summed E-state index contributed by atoms with van der Waals surface area (Å²) in [5.41, 5.74) is 0.304. The number of hydrogen-bond acceptors (Lipinski definition) is 4. The molecule has 20 heavy (non-hydrogen) atoms. The van der Waals surface area contributed by atoms with Gasteiger partial charge in [0.15, 0.2) is 0 Å². The van der Waals surface area contributed by atoms with Crippen molar-refractivity contribution < 1.29 is 14.7 Å². The van der Waals surface area contributed by atoms with Crippen LogP contribution in [0.2, 0.25) is 10.0 Å². The smallest absolute Gasteiger partial charge is 0.319 e. The molecule has 2 N–H and O–H groups in total. The maximum atomic E-state index is 11.7. The topological polar surface area (TPSA) is 81.3 Å². The van der Waals surface area contributed by atoms with Crippen LogP contribution in [-0.2, 0) is 4.79 Å². The fraction of sp³-hybridized carbons (Fsp3) is 0.333. The van der Waals surface area contributed by atoms with E-state index in [1.54, 1.807) is 18.2 Å². The Morgan fingerprint density at radius 2 is 2.10 bits per heavy atom. The number of hydrogen-bond donors (Lipinski definition) is 2. The number of rotatable bonds is 6. The lowest BCUT2D eigenvalue weighted by atomic mass is 10.2. The van der Waals surface area contributed by atoms with E-state index in [9.17, 15) is 14.7 Å². The van der Waals surface area contributed by atoms with Crippen molar-refractivity contribution in [2.75, 3.05) is 17.3 Å². The highest BCUT2D eigenvalue weighted by molar-refractivity contribution is 7.98. The van der Waals surface area contributed by atoms with Crippen molar-refractivity contribution in [3.8, 4) is 0 Å². The Kier molecular flexibility index (Phi) is 6.98. The lowest BCUT2D eigenvalue weighted by Gasteiger charge is -2.19. The molecule has 0 radical (unpaired) electrons. The molecule has 0 heterocycles. The van der Waals surface area contributed by atoms with Gasteiger partial charge in [-0.25, -0.2) is 4.79 Å². The maximum Gasteiger partial charge on any atom is 0.319 e. The molecule has 0 bridgehead atoms. The molecule has 1 aromatic rings. The van der Waals surface area contributed by atoms with Gasteiger partial charge in [0.2, 0.25) is 0 Å². The number of nitrogens with one attached hydrogen (secondary N) is 2. The highest BCUT2D eigenvalue weighted by Gasteiger charge is 2.14. The first-order chi connectivity index (χ1) is 9.45. The Balaban J connectivity index is 2.66. The van der Waals surface area contributed by atoms with Gasteiger partial charge in [-0.1, -0.05) is 29.3 Å². The van der Waals surface area contributed by atoms with Gasteiger partial charge in [0.05, 0.1) is 27.7 Å². The second kappa shape index (κ2) is 8.24. The Hall–Kier alpha value is -1.11. The van der Waals surface area contributed by atoms with E-state index < -0.39 is 18.0 Å². The van der Waals surface area contributed by atoms with Gasteiger partial charge < -0.3 is 20.5 Å². The zero-order chi connectivity index (χ0) is 15.1. The van der Waals surface area contributed by atoms with E-state index in [1.165, 1.54) is 11.8 Å². The number of thioether (sulfide) groups is 1. The van der Waals surface area contributed by atoms with Crippen LogP contribution in [0.3, 0.4) is 0 Å². The molecule has 110 valence electrons. The summed E-state index contributed by atoms with van der Waals surface area (Å²) in [6.07, 6.45) is 2.12. The van der Waals surface area contributed by atoms with Crippen LogP contribution in [0.1, 0.15) is 6.42 Å². The lowest BCUT2D eigenvalue weighted by molar-refractivity contribution is -0.308. The van der Waals surface area contributed by atoms with Crippen molar-refractivity contribution in [3.63, 3.8) is 0 Å². The first kappa shape index (κ1) is 16.9. The highest BCUT2D eigenvalue weighted by atomic mass is 35.5. The average molecular weight is 336 g/mol. The average Bonchev–Trinajstić information content (AvgIpc) is 2.39. The number of amides is 2. The van der Waals surface area contributed by atoms with Gasteiger partial charge >= 0.3 is 6.03 Å². The van der Waals surface area contributed by atoms with Crippen LogP contribution in [-0.4, -0.2) is 30.1 Å². The minimum atomic E-state index is -1.33. The first-order valence-electron chi connectivity index (χ1n) is 5.67. The standard InChI is InChI=1S/C12H14Cl2N2O3S/c1-20-6-5-9(11(17)18)16-12(19)15-8-4-2-3-7(13)10(8)14/h2-4,9H,5-6H2,1H3,(H,17,18)(H2,15,16,19)/p-1/t9-/m0/s1. The summed E-state index contributed by atoms with van der Waals surface area (Å²) in [6, 6.07) is 3.03. The Labute approximate surface area is 131 Å². The van der Waals surface area contributed by atoms with E-state index >= 15 is 0 Å². The number of halogens is 2. The van der Waals surface area contributed by atoms with E-state index in [-0.39, 0.29) is 11.4 Å². The monoisotopic (exact) mass is 335 g/mol. The largest absolute Gasteiger partial charge is 0.548 e. The molecule has 2 amide bonds.